The van der Waals surface area contributed by atoms with Gasteiger partial charge in [0.05, 0.1) is 4.92 Å². The van der Waals surface area contributed by atoms with E-state index in [0.29, 0.717) is 0 Å². The van der Waals surface area contributed by atoms with E-state index in [1.54, 1.807) is 0 Å². The van der Waals surface area contributed by atoms with E-state index in [1.165, 1.54) is 36.4 Å². The number of benzene rings is 2. The minimum atomic E-state index is -3.08. The van der Waals surface area contributed by atoms with Crippen LogP contribution in [0.5, 0.6) is 17.2 Å². The molecule has 0 aliphatic rings. The number of nitrogens with zero attached hydrogens (tertiary/aromatic N) is 1. The highest BCUT2D eigenvalue weighted by Gasteiger charge is 2.15. The molecule has 0 aliphatic carbocycles. The van der Waals surface area contributed by atoms with E-state index in [0.717, 1.165) is 12.1 Å². The van der Waals surface area contributed by atoms with Gasteiger partial charge in [-0.05, 0) is 24.3 Å². The Bertz CT molecular complexity index is 705. The molecule has 0 saturated carbocycles. The molecule has 2 aromatic carbocycles. The Kier molecular flexibility index (Phi) is 5.03. The molecule has 7 nitrogen and oxygen atoms in total. The van der Waals surface area contributed by atoms with Gasteiger partial charge in [-0.3, -0.25) is 10.1 Å². The molecule has 0 atom stereocenters. The maximum absolute atomic E-state index is 12.2. The first-order chi connectivity index (χ1) is 11.0. The predicted molar refractivity (Wildman–Crippen MR) is 72.8 cm³/mol. The second-order valence-corrected chi connectivity index (χ2v) is 4.03. The smallest absolute Gasteiger partial charge is 0.431 e. The Morgan fingerprint density at radius 2 is 1.61 bits per heavy atom. The average molecular weight is 325 g/mol. The first-order valence-electron chi connectivity index (χ1n) is 6.13. The lowest BCUT2D eigenvalue weighted by Crippen LogP contribution is -2.15. The van der Waals surface area contributed by atoms with Gasteiger partial charge in [-0.25, -0.2) is 4.79 Å². The van der Waals surface area contributed by atoms with Crippen molar-refractivity contribution in [3.63, 3.8) is 0 Å². The highest BCUT2D eigenvalue weighted by molar-refractivity contribution is 5.68. The maximum atomic E-state index is 12.2. The van der Waals surface area contributed by atoms with Gasteiger partial charge in [-0.1, -0.05) is 12.1 Å². The summed E-state index contributed by atoms with van der Waals surface area (Å²) in [6, 6.07) is 9.98. The Hall–Kier alpha value is -3.23. The van der Waals surface area contributed by atoms with Crippen LogP contribution >= 0.6 is 0 Å². The van der Waals surface area contributed by atoms with Crippen molar-refractivity contribution in [1.82, 2.24) is 0 Å². The summed E-state index contributed by atoms with van der Waals surface area (Å²) in [5.74, 6) is -0.587. The molecule has 0 saturated heterocycles. The van der Waals surface area contributed by atoms with E-state index in [2.05, 4.69) is 4.74 Å². The minimum Gasteiger partial charge on any atom is -0.431 e. The molecule has 9 heteroatoms. The van der Waals surface area contributed by atoms with Gasteiger partial charge in [-0.15, -0.1) is 0 Å². The highest BCUT2D eigenvalue weighted by Crippen LogP contribution is 2.28. The van der Waals surface area contributed by atoms with Crippen LogP contribution in [0.2, 0.25) is 0 Å². The number of hydrogen-bond donors (Lipinski definition) is 0. The van der Waals surface area contributed by atoms with E-state index in [9.17, 15) is 23.7 Å². The summed E-state index contributed by atoms with van der Waals surface area (Å²) in [4.78, 5) is 21.5. The molecule has 0 unspecified atom stereocenters. The number of ether oxygens (including phenoxy) is 3. The number of alkyl halides is 2. The summed E-state index contributed by atoms with van der Waals surface area (Å²) in [5.41, 5.74) is -0.179. The number of rotatable bonds is 5. The van der Waals surface area contributed by atoms with Crippen LogP contribution in [0.15, 0.2) is 48.5 Å². The van der Waals surface area contributed by atoms with Crippen molar-refractivity contribution in [2.24, 2.45) is 0 Å². The number of nitro benzene ring substituents is 1. The molecule has 0 radical (unpaired) electrons. The Labute approximate surface area is 128 Å². The fourth-order valence-electron chi connectivity index (χ4n) is 1.57. The van der Waals surface area contributed by atoms with Crippen LogP contribution in [0.3, 0.4) is 0 Å². The van der Waals surface area contributed by atoms with Crippen molar-refractivity contribution < 1.29 is 32.7 Å². The molecule has 0 aliphatic heterocycles. The number of nitro groups is 1. The Morgan fingerprint density at radius 3 is 2.17 bits per heavy atom. The van der Waals surface area contributed by atoms with Crippen LogP contribution < -0.4 is 14.2 Å². The zero-order valence-corrected chi connectivity index (χ0v) is 11.3. The van der Waals surface area contributed by atoms with Crippen molar-refractivity contribution in [3.8, 4) is 17.2 Å². The van der Waals surface area contributed by atoms with Crippen LogP contribution in [0, 0.1) is 10.1 Å². The largest absolute Gasteiger partial charge is 0.519 e. The van der Waals surface area contributed by atoms with Crippen molar-refractivity contribution in [2.75, 3.05) is 0 Å². The third-order valence-electron chi connectivity index (χ3n) is 2.51. The second-order valence-electron chi connectivity index (χ2n) is 4.03. The molecule has 2 rings (SSSR count). The van der Waals surface area contributed by atoms with E-state index >= 15 is 0 Å². The van der Waals surface area contributed by atoms with Crippen LogP contribution in [-0.4, -0.2) is 17.7 Å². The summed E-state index contributed by atoms with van der Waals surface area (Å²) in [5, 5.41) is 10.5. The lowest BCUT2D eigenvalue weighted by Gasteiger charge is -2.10. The van der Waals surface area contributed by atoms with Crippen molar-refractivity contribution in [1.29, 1.82) is 0 Å². The van der Waals surface area contributed by atoms with Crippen LogP contribution in [-0.2, 0) is 0 Å². The molecule has 0 amide bonds. The third-order valence-corrected chi connectivity index (χ3v) is 2.51. The molecule has 23 heavy (non-hydrogen) atoms. The predicted octanol–water partition coefficient (Wildman–Crippen LogP) is 3.77. The number of non-ortho nitro benzene ring substituents is 1. The quantitative estimate of drug-likeness (QED) is 0.360. The van der Waals surface area contributed by atoms with Gasteiger partial charge in [0.25, 0.3) is 5.69 Å². The summed E-state index contributed by atoms with van der Waals surface area (Å²) in [6.07, 6.45) is -1.20. The molecule has 0 bridgehead atoms. The van der Waals surface area contributed by atoms with E-state index in [4.69, 9.17) is 9.47 Å². The number of carbonyl (C=O) groups excluding carboxylic acids is 1. The van der Waals surface area contributed by atoms with Crippen LogP contribution in [0.1, 0.15) is 0 Å². The SMILES string of the molecule is O=C(Oc1ccc([N+](=O)[O-])cc1)Oc1ccccc1OC(F)F. The molecule has 0 N–H and O–H groups in total. The number of halogens is 2. The molecule has 120 valence electrons. The lowest BCUT2D eigenvalue weighted by molar-refractivity contribution is -0.384. The highest BCUT2D eigenvalue weighted by atomic mass is 19.3. The summed E-state index contributed by atoms with van der Waals surface area (Å²) >= 11 is 0. The van der Waals surface area contributed by atoms with Crippen molar-refractivity contribution in [3.05, 3.63) is 58.6 Å². The summed E-state index contributed by atoms with van der Waals surface area (Å²) < 4.78 is 38.2. The van der Waals surface area contributed by atoms with E-state index in [1.807, 2.05) is 0 Å². The Balaban J connectivity index is 2.03. The third kappa shape index (κ3) is 4.63. The van der Waals surface area contributed by atoms with Gasteiger partial charge in [0.1, 0.15) is 5.75 Å². The summed E-state index contributed by atoms with van der Waals surface area (Å²) in [7, 11) is 0. The van der Waals surface area contributed by atoms with Crippen LogP contribution in [0.25, 0.3) is 0 Å². The van der Waals surface area contributed by atoms with Gasteiger partial charge in [-0.2, -0.15) is 8.78 Å². The molecule has 2 aromatic rings. The molecule has 0 heterocycles. The zero-order valence-electron chi connectivity index (χ0n) is 11.3. The van der Waals surface area contributed by atoms with Crippen molar-refractivity contribution >= 4 is 11.8 Å². The maximum Gasteiger partial charge on any atom is 0.519 e. The van der Waals surface area contributed by atoms with Gasteiger partial charge < -0.3 is 14.2 Å². The van der Waals surface area contributed by atoms with Crippen molar-refractivity contribution in [2.45, 2.75) is 6.61 Å². The van der Waals surface area contributed by atoms with Gasteiger partial charge in [0, 0.05) is 12.1 Å². The van der Waals surface area contributed by atoms with Gasteiger partial charge in [0.2, 0.25) is 0 Å². The number of para-hydroxylation sites is 2. The second kappa shape index (κ2) is 7.16. The molecule has 0 fully saturated rings. The van der Waals surface area contributed by atoms with E-state index in [-0.39, 0.29) is 22.9 Å². The minimum absolute atomic E-state index is 0.00661. The monoisotopic (exact) mass is 325 g/mol. The van der Waals surface area contributed by atoms with Gasteiger partial charge >= 0.3 is 12.8 Å². The first kappa shape index (κ1) is 16.1. The standard InChI is InChI=1S/C14H9F2NO6/c15-13(16)22-11-3-1-2-4-12(11)23-14(18)21-10-7-5-9(6-8-10)17(19)20/h1-8,13H. The first-order valence-corrected chi connectivity index (χ1v) is 6.13. The molecular formula is C14H9F2NO6. The zero-order chi connectivity index (χ0) is 16.8. The van der Waals surface area contributed by atoms with Crippen LogP contribution in [0.4, 0.5) is 19.3 Å². The van der Waals surface area contributed by atoms with E-state index < -0.39 is 17.7 Å². The molecule has 0 spiro atoms. The fourth-order valence-corrected chi connectivity index (χ4v) is 1.57. The molecule has 0 aromatic heterocycles. The lowest BCUT2D eigenvalue weighted by atomic mass is 10.3. The fraction of sp³-hybridized carbons (Fsp3) is 0.0714. The summed E-state index contributed by atoms with van der Waals surface area (Å²) in [6.45, 7) is -3.08. The van der Waals surface area contributed by atoms with Gasteiger partial charge in [0.15, 0.2) is 11.5 Å². The number of hydrogen-bond acceptors (Lipinski definition) is 6. The normalized spacial score (nSPS) is 10.2. The number of carbonyl (C=O) groups is 1. The molecular weight excluding hydrogens is 316 g/mol. The average Bonchev–Trinajstić information content (AvgIpc) is 2.49. The topological polar surface area (TPSA) is 87.9 Å². The Morgan fingerprint density at radius 1 is 1.00 bits per heavy atom.